The smallest absolute Gasteiger partial charge is 0.124 e. The van der Waals surface area contributed by atoms with Crippen LogP contribution in [0.4, 0.5) is 17.1 Å². The lowest BCUT2D eigenvalue weighted by Gasteiger charge is -2.26. The van der Waals surface area contributed by atoms with Gasteiger partial charge >= 0.3 is 0 Å². The molecule has 268 valence electrons. The Morgan fingerprint density at radius 1 is 0.316 bits per heavy atom. The number of benzene rings is 9. The number of hydrogen-bond acceptors (Lipinski definition) is 4. The number of rotatable bonds is 7. The maximum Gasteiger partial charge on any atom is 0.124 e. The van der Waals surface area contributed by atoms with Crippen LogP contribution in [0.2, 0.25) is 0 Å². The van der Waals surface area contributed by atoms with E-state index in [9.17, 15) is 0 Å². The Labute approximate surface area is 339 Å². The van der Waals surface area contributed by atoms with Crippen LogP contribution in [0.1, 0.15) is 0 Å². The van der Waals surface area contributed by atoms with Gasteiger partial charge in [0.1, 0.15) is 5.01 Å². The molecule has 0 radical (unpaired) electrons. The van der Waals surface area contributed by atoms with E-state index in [0.29, 0.717) is 0 Å². The standard InChI is InChI=1S/C53H34N2S2/c1-3-9-35(10-4-1)38-17-24-44(25-18-38)55(45-26-19-39(20-27-45)36-11-5-2-6-12-36)46-28-21-40(22-29-46)42-23-30-50-47(32-42)48-33-52-49(34-51(48)56-50)54-53(57-52)43-16-15-37-13-7-8-14-41(37)31-43/h1-34H. The molecule has 0 spiro atoms. The van der Waals surface area contributed by atoms with Crippen molar-refractivity contribution < 1.29 is 0 Å². The van der Waals surface area contributed by atoms with Crippen LogP contribution in [0.5, 0.6) is 0 Å². The fourth-order valence-electron chi connectivity index (χ4n) is 7.94. The van der Waals surface area contributed by atoms with Crippen LogP contribution >= 0.6 is 22.7 Å². The summed E-state index contributed by atoms with van der Waals surface area (Å²) < 4.78 is 3.78. The predicted molar refractivity (Wildman–Crippen MR) is 246 cm³/mol. The van der Waals surface area contributed by atoms with Crippen LogP contribution in [-0.2, 0) is 0 Å². The summed E-state index contributed by atoms with van der Waals surface area (Å²) >= 11 is 3.62. The molecule has 57 heavy (non-hydrogen) atoms. The lowest BCUT2D eigenvalue weighted by molar-refractivity contribution is 1.28. The molecule has 0 amide bonds. The van der Waals surface area contributed by atoms with Gasteiger partial charge < -0.3 is 4.90 Å². The molecule has 2 nitrogen and oxygen atoms in total. The molecule has 0 atom stereocenters. The third-order valence-corrected chi connectivity index (χ3v) is 13.1. The number of thiazole rings is 1. The molecule has 0 aliphatic carbocycles. The molecule has 2 heterocycles. The summed E-state index contributed by atoms with van der Waals surface area (Å²) in [6, 6.07) is 74.6. The van der Waals surface area contributed by atoms with Gasteiger partial charge in [-0.3, -0.25) is 0 Å². The van der Waals surface area contributed by atoms with Crippen molar-refractivity contribution in [3.8, 4) is 44.0 Å². The molecule has 4 heteroatoms. The zero-order valence-corrected chi connectivity index (χ0v) is 32.5. The molecular formula is C53H34N2S2. The Hall–Kier alpha value is -6.85. The van der Waals surface area contributed by atoms with Gasteiger partial charge in [0.2, 0.25) is 0 Å². The van der Waals surface area contributed by atoms with E-state index in [-0.39, 0.29) is 0 Å². The van der Waals surface area contributed by atoms with E-state index in [4.69, 9.17) is 4.98 Å². The quantitative estimate of drug-likeness (QED) is 0.161. The monoisotopic (exact) mass is 762 g/mol. The fourth-order valence-corrected chi connectivity index (χ4v) is 10.0. The van der Waals surface area contributed by atoms with Crippen molar-refractivity contribution in [2.24, 2.45) is 0 Å². The first-order valence-electron chi connectivity index (χ1n) is 19.2. The zero-order chi connectivity index (χ0) is 37.7. The molecule has 0 fully saturated rings. The lowest BCUT2D eigenvalue weighted by atomic mass is 10.0. The summed E-state index contributed by atoms with van der Waals surface area (Å²) in [7, 11) is 0. The van der Waals surface area contributed by atoms with Gasteiger partial charge in [-0.2, -0.15) is 0 Å². The van der Waals surface area contributed by atoms with Crippen molar-refractivity contribution in [1.29, 1.82) is 0 Å². The Balaban J connectivity index is 0.937. The average molecular weight is 763 g/mol. The van der Waals surface area contributed by atoms with Crippen molar-refractivity contribution in [3.63, 3.8) is 0 Å². The van der Waals surface area contributed by atoms with Gasteiger partial charge in [-0.25, -0.2) is 4.98 Å². The third-order valence-electron chi connectivity index (χ3n) is 10.9. The second-order valence-corrected chi connectivity index (χ2v) is 16.5. The zero-order valence-electron chi connectivity index (χ0n) is 30.8. The van der Waals surface area contributed by atoms with E-state index in [1.54, 1.807) is 11.3 Å². The summed E-state index contributed by atoms with van der Waals surface area (Å²) in [6.45, 7) is 0. The molecule has 9 aromatic carbocycles. The van der Waals surface area contributed by atoms with Gasteiger partial charge in [0.15, 0.2) is 0 Å². The van der Waals surface area contributed by atoms with E-state index in [1.165, 1.54) is 74.6 Å². The normalized spacial score (nSPS) is 11.5. The minimum Gasteiger partial charge on any atom is -0.311 e. The molecule has 0 bridgehead atoms. The highest BCUT2D eigenvalue weighted by Crippen LogP contribution is 2.42. The number of nitrogens with zero attached hydrogens (tertiary/aromatic N) is 2. The topological polar surface area (TPSA) is 16.1 Å². The summed E-state index contributed by atoms with van der Waals surface area (Å²) in [5, 5.41) is 6.13. The Morgan fingerprint density at radius 3 is 1.42 bits per heavy atom. The van der Waals surface area contributed by atoms with E-state index in [2.05, 4.69) is 211 Å². The van der Waals surface area contributed by atoms with E-state index < -0.39 is 0 Å². The van der Waals surface area contributed by atoms with E-state index in [1.807, 2.05) is 11.3 Å². The molecule has 0 saturated carbocycles. The maximum absolute atomic E-state index is 5.10. The molecular weight excluding hydrogens is 729 g/mol. The predicted octanol–water partition coefficient (Wildman–Crippen LogP) is 16.0. The van der Waals surface area contributed by atoms with Crippen molar-refractivity contribution >= 4 is 80.9 Å². The van der Waals surface area contributed by atoms with Crippen LogP contribution < -0.4 is 4.90 Å². The summed E-state index contributed by atoms with van der Waals surface area (Å²) in [4.78, 5) is 7.44. The Morgan fingerprint density at radius 2 is 0.807 bits per heavy atom. The lowest BCUT2D eigenvalue weighted by Crippen LogP contribution is -2.09. The second-order valence-electron chi connectivity index (χ2n) is 14.4. The van der Waals surface area contributed by atoms with Crippen molar-refractivity contribution in [1.82, 2.24) is 4.98 Å². The number of aromatic nitrogens is 1. The van der Waals surface area contributed by atoms with E-state index >= 15 is 0 Å². The molecule has 0 aliphatic rings. The Kier molecular flexibility index (Phi) is 8.24. The molecule has 2 aromatic heterocycles. The first-order chi connectivity index (χ1) is 28.2. The largest absolute Gasteiger partial charge is 0.311 e. The molecule has 0 N–H and O–H groups in total. The molecule has 0 aliphatic heterocycles. The van der Waals surface area contributed by atoms with Crippen LogP contribution in [0.25, 0.3) is 85.1 Å². The highest BCUT2D eigenvalue weighted by molar-refractivity contribution is 7.26. The number of hydrogen-bond donors (Lipinski definition) is 0. The number of thiophene rings is 1. The van der Waals surface area contributed by atoms with Crippen LogP contribution in [0.15, 0.2) is 206 Å². The molecule has 11 rings (SSSR count). The van der Waals surface area contributed by atoms with Crippen LogP contribution in [0, 0.1) is 0 Å². The van der Waals surface area contributed by atoms with Gasteiger partial charge in [0, 0.05) is 42.8 Å². The van der Waals surface area contributed by atoms with Crippen LogP contribution in [0.3, 0.4) is 0 Å². The highest BCUT2D eigenvalue weighted by atomic mass is 32.1. The maximum atomic E-state index is 5.10. The first kappa shape index (κ1) is 33.5. The SMILES string of the molecule is c1ccc(-c2ccc(N(c3ccc(-c4ccccc4)cc3)c3ccc(-c4ccc5sc6cc7nc(-c8ccc9ccccc9c8)sc7cc6c5c4)cc3)cc2)cc1. The van der Waals surface area contributed by atoms with Gasteiger partial charge in [-0.05, 0) is 111 Å². The molecule has 11 aromatic rings. The third kappa shape index (κ3) is 6.26. The number of anilines is 3. The van der Waals surface area contributed by atoms with Crippen molar-refractivity contribution in [2.45, 2.75) is 0 Å². The minimum absolute atomic E-state index is 1.06. The van der Waals surface area contributed by atoms with Crippen molar-refractivity contribution in [2.75, 3.05) is 4.90 Å². The van der Waals surface area contributed by atoms with Gasteiger partial charge in [-0.1, -0.05) is 140 Å². The van der Waals surface area contributed by atoms with Gasteiger partial charge in [0.05, 0.1) is 10.2 Å². The Bertz CT molecular complexity index is 3120. The van der Waals surface area contributed by atoms with Gasteiger partial charge in [-0.15, -0.1) is 22.7 Å². The summed E-state index contributed by atoms with van der Waals surface area (Å²) in [5.41, 5.74) is 12.8. The summed E-state index contributed by atoms with van der Waals surface area (Å²) in [6.07, 6.45) is 0. The molecule has 0 unspecified atom stereocenters. The van der Waals surface area contributed by atoms with Gasteiger partial charge in [0.25, 0.3) is 0 Å². The minimum atomic E-state index is 1.06. The van der Waals surface area contributed by atoms with Crippen LogP contribution in [-0.4, -0.2) is 4.98 Å². The van der Waals surface area contributed by atoms with Crippen molar-refractivity contribution in [3.05, 3.63) is 206 Å². The summed E-state index contributed by atoms with van der Waals surface area (Å²) in [5.74, 6) is 0. The second kappa shape index (κ2) is 14.0. The first-order valence-corrected chi connectivity index (χ1v) is 20.8. The average Bonchev–Trinajstić information content (AvgIpc) is 3.87. The highest BCUT2D eigenvalue weighted by Gasteiger charge is 2.16. The fraction of sp³-hybridized carbons (Fsp3) is 0. The molecule has 0 saturated heterocycles. The van der Waals surface area contributed by atoms with E-state index in [0.717, 1.165) is 27.6 Å². The number of fused-ring (bicyclic) bond motifs is 5.